The number of nitrogens with one attached hydrogen (secondary N) is 1. The molecule has 170 valence electrons. The first-order valence-electron chi connectivity index (χ1n) is 10.8. The summed E-state index contributed by atoms with van der Waals surface area (Å²) in [6.45, 7) is 7.82. The number of carboxylic acid groups (broad SMARTS) is 1. The SMILES string of the molecule is CC1(C)CC(=O)C2=C(C1)NC1=C(C(=O)CC(C)(C)C1)C2c1ccc(OCC(=O)O)c(Cl)c1. The molecule has 0 fully saturated rings. The zero-order valence-electron chi connectivity index (χ0n) is 18.8. The van der Waals surface area contributed by atoms with Crippen molar-refractivity contribution in [3.8, 4) is 5.75 Å². The summed E-state index contributed by atoms with van der Waals surface area (Å²) in [4.78, 5) is 37.5. The van der Waals surface area contributed by atoms with Gasteiger partial charge in [0.25, 0.3) is 0 Å². The maximum absolute atomic E-state index is 13.3. The minimum atomic E-state index is -1.10. The molecular weight excluding hydrogens is 430 g/mol. The van der Waals surface area contributed by atoms with Crippen molar-refractivity contribution < 1.29 is 24.2 Å². The number of allylic oxidation sites excluding steroid dienone is 4. The van der Waals surface area contributed by atoms with Gasteiger partial charge in [-0.3, -0.25) is 9.59 Å². The summed E-state index contributed by atoms with van der Waals surface area (Å²) in [6.07, 6.45) is 2.28. The Balaban J connectivity index is 1.83. The van der Waals surface area contributed by atoms with Crippen LogP contribution >= 0.6 is 11.6 Å². The highest BCUT2D eigenvalue weighted by molar-refractivity contribution is 6.32. The summed E-state index contributed by atoms with van der Waals surface area (Å²) in [5, 5.41) is 12.6. The second-order valence-corrected chi connectivity index (χ2v) is 11.0. The number of hydrogen-bond donors (Lipinski definition) is 2. The second kappa shape index (κ2) is 7.77. The van der Waals surface area contributed by atoms with E-state index < -0.39 is 18.5 Å². The van der Waals surface area contributed by atoms with E-state index in [-0.39, 0.29) is 33.2 Å². The van der Waals surface area contributed by atoms with E-state index >= 15 is 0 Å². The van der Waals surface area contributed by atoms with Crippen LogP contribution in [0.4, 0.5) is 0 Å². The Hall–Kier alpha value is -2.60. The van der Waals surface area contributed by atoms with E-state index in [1.54, 1.807) is 18.2 Å². The lowest BCUT2D eigenvalue weighted by Crippen LogP contribution is -2.42. The number of ether oxygens (including phenoxy) is 1. The van der Waals surface area contributed by atoms with Crippen LogP contribution in [0.2, 0.25) is 5.02 Å². The Morgan fingerprint density at radius 2 is 1.56 bits per heavy atom. The van der Waals surface area contributed by atoms with Crippen molar-refractivity contribution in [2.45, 2.75) is 59.3 Å². The average Bonchev–Trinajstić information content (AvgIpc) is 2.63. The highest BCUT2D eigenvalue weighted by atomic mass is 35.5. The molecule has 0 bridgehead atoms. The van der Waals surface area contributed by atoms with Gasteiger partial charge in [0.1, 0.15) is 5.75 Å². The number of benzene rings is 1. The predicted molar refractivity (Wildman–Crippen MR) is 121 cm³/mol. The minimum Gasteiger partial charge on any atom is -0.480 e. The summed E-state index contributed by atoms with van der Waals surface area (Å²) in [6, 6.07) is 5.07. The summed E-state index contributed by atoms with van der Waals surface area (Å²) < 4.78 is 5.25. The van der Waals surface area contributed by atoms with Gasteiger partial charge in [-0.2, -0.15) is 0 Å². The number of carbonyl (C=O) groups excluding carboxylic acids is 2. The molecule has 6 nitrogen and oxygen atoms in total. The molecule has 0 spiro atoms. The van der Waals surface area contributed by atoms with E-state index in [9.17, 15) is 14.4 Å². The normalized spacial score (nSPS) is 22.3. The molecule has 0 saturated carbocycles. The van der Waals surface area contributed by atoms with Gasteiger partial charge in [-0.25, -0.2) is 4.79 Å². The van der Waals surface area contributed by atoms with E-state index in [0.29, 0.717) is 24.0 Å². The molecule has 0 aromatic heterocycles. The summed E-state index contributed by atoms with van der Waals surface area (Å²) in [7, 11) is 0. The smallest absolute Gasteiger partial charge is 0.341 e. The van der Waals surface area contributed by atoms with Crippen molar-refractivity contribution in [2.24, 2.45) is 10.8 Å². The molecule has 7 heteroatoms. The molecule has 1 aliphatic heterocycles. The van der Waals surface area contributed by atoms with Gasteiger partial charge in [0.05, 0.1) is 5.02 Å². The number of rotatable bonds is 4. The summed E-state index contributed by atoms with van der Waals surface area (Å²) in [5.41, 5.74) is 3.49. The van der Waals surface area contributed by atoms with Gasteiger partial charge in [0, 0.05) is 41.3 Å². The first kappa shape index (κ1) is 22.6. The number of dihydropyridines is 1. The highest BCUT2D eigenvalue weighted by Gasteiger charge is 2.46. The molecule has 0 amide bonds. The molecule has 2 N–H and O–H groups in total. The number of hydrogen-bond acceptors (Lipinski definition) is 5. The first-order chi connectivity index (χ1) is 14.9. The molecule has 1 aromatic carbocycles. The third-order valence-corrected chi connectivity index (χ3v) is 6.65. The third kappa shape index (κ3) is 4.20. The van der Waals surface area contributed by atoms with Crippen LogP contribution < -0.4 is 10.1 Å². The summed E-state index contributed by atoms with van der Waals surface area (Å²) in [5.74, 6) is -1.25. The number of aliphatic carboxylic acids is 1. The Kier molecular flexibility index (Phi) is 5.48. The van der Waals surface area contributed by atoms with Gasteiger partial charge in [-0.15, -0.1) is 0 Å². The topological polar surface area (TPSA) is 92.7 Å². The van der Waals surface area contributed by atoms with Crippen molar-refractivity contribution in [1.29, 1.82) is 0 Å². The zero-order chi connectivity index (χ0) is 23.4. The van der Waals surface area contributed by atoms with Crippen LogP contribution in [0.15, 0.2) is 40.7 Å². The third-order valence-electron chi connectivity index (χ3n) is 6.36. The molecular formula is C25H28ClNO5. The number of carbonyl (C=O) groups is 3. The zero-order valence-corrected chi connectivity index (χ0v) is 19.6. The molecule has 0 unspecified atom stereocenters. The quantitative estimate of drug-likeness (QED) is 0.676. The van der Waals surface area contributed by atoms with Gasteiger partial charge < -0.3 is 15.2 Å². The van der Waals surface area contributed by atoms with Crippen LogP contribution in [-0.2, 0) is 14.4 Å². The molecule has 0 atom stereocenters. The monoisotopic (exact) mass is 457 g/mol. The Bertz CT molecular complexity index is 1040. The lowest BCUT2D eigenvalue weighted by Gasteiger charge is -2.44. The van der Waals surface area contributed by atoms with Crippen LogP contribution in [0.25, 0.3) is 0 Å². The number of halogens is 1. The molecule has 0 radical (unpaired) electrons. The van der Waals surface area contributed by atoms with Crippen LogP contribution in [0.1, 0.15) is 64.9 Å². The number of Topliss-reactive ketones (excluding diaryl/α,β-unsaturated/α-hetero) is 2. The maximum Gasteiger partial charge on any atom is 0.341 e. The van der Waals surface area contributed by atoms with Crippen molar-refractivity contribution in [3.63, 3.8) is 0 Å². The molecule has 2 aliphatic carbocycles. The lowest BCUT2D eigenvalue weighted by molar-refractivity contribution is -0.139. The first-order valence-corrected chi connectivity index (χ1v) is 11.2. The predicted octanol–water partition coefficient (Wildman–Crippen LogP) is 4.78. The maximum atomic E-state index is 13.3. The van der Waals surface area contributed by atoms with Crippen LogP contribution in [0.3, 0.4) is 0 Å². The van der Waals surface area contributed by atoms with E-state index in [1.165, 1.54) is 0 Å². The molecule has 1 aromatic rings. The number of ketones is 2. The summed E-state index contributed by atoms with van der Waals surface area (Å²) >= 11 is 6.41. The highest BCUT2D eigenvalue weighted by Crippen LogP contribution is 2.51. The fourth-order valence-electron chi connectivity index (χ4n) is 5.18. The van der Waals surface area contributed by atoms with Gasteiger partial charge in [0.15, 0.2) is 18.2 Å². The Labute approximate surface area is 192 Å². The minimum absolute atomic E-state index is 0.0419. The van der Waals surface area contributed by atoms with E-state index in [4.69, 9.17) is 21.4 Å². The Morgan fingerprint density at radius 1 is 1.03 bits per heavy atom. The van der Waals surface area contributed by atoms with Crippen LogP contribution in [0, 0.1) is 10.8 Å². The number of carboxylic acids is 1. The van der Waals surface area contributed by atoms with E-state index in [0.717, 1.165) is 29.8 Å². The molecule has 32 heavy (non-hydrogen) atoms. The second-order valence-electron chi connectivity index (χ2n) is 10.6. The van der Waals surface area contributed by atoms with Gasteiger partial charge in [-0.1, -0.05) is 45.4 Å². The molecule has 0 saturated heterocycles. The average molecular weight is 458 g/mol. The van der Waals surface area contributed by atoms with Gasteiger partial charge in [-0.05, 0) is 41.4 Å². The Morgan fingerprint density at radius 3 is 2.03 bits per heavy atom. The van der Waals surface area contributed by atoms with Gasteiger partial charge in [0.2, 0.25) is 0 Å². The largest absolute Gasteiger partial charge is 0.480 e. The van der Waals surface area contributed by atoms with Crippen LogP contribution in [0.5, 0.6) is 5.75 Å². The van der Waals surface area contributed by atoms with E-state index in [1.807, 2.05) is 0 Å². The van der Waals surface area contributed by atoms with E-state index in [2.05, 4.69) is 33.0 Å². The van der Waals surface area contributed by atoms with Crippen molar-refractivity contribution in [2.75, 3.05) is 6.61 Å². The van der Waals surface area contributed by atoms with Crippen LogP contribution in [-0.4, -0.2) is 29.2 Å². The van der Waals surface area contributed by atoms with Crippen molar-refractivity contribution in [1.82, 2.24) is 5.32 Å². The standard InChI is InChI=1S/C25H28ClNO5/c1-24(2)8-15-22(17(28)10-24)21(23-16(27-15)9-25(3,4)11-18(23)29)13-5-6-19(14(26)7-13)32-12-20(30)31/h5-7,21,27H,8-12H2,1-4H3,(H,30,31). The fourth-order valence-corrected chi connectivity index (χ4v) is 5.42. The van der Waals surface area contributed by atoms with Gasteiger partial charge >= 0.3 is 5.97 Å². The lowest BCUT2D eigenvalue weighted by atomic mass is 9.64. The molecule has 1 heterocycles. The van der Waals surface area contributed by atoms with Crippen molar-refractivity contribution >= 4 is 29.1 Å². The molecule has 3 aliphatic rings. The molecule has 4 rings (SSSR count). The fraction of sp³-hybridized carbons (Fsp3) is 0.480. The van der Waals surface area contributed by atoms with Crippen molar-refractivity contribution in [3.05, 3.63) is 51.3 Å².